The molecule has 1 saturated carbocycles. The maximum Gasteiger partial charge on any atom is 0.303 e. The van der Waals surface area contributed by atoms with Gasteiger partial charge in [-0.05, 0) is 123 Å². The standard InChI is InChI=1S/C35H35N5O6/c1-17-22(7-9-33(41)42)30-16-31-23(8-10-34(43)44)18(2)26(37-31)14-29-24(11-12-40(45)46)19(3)27(38-29)15-32-35(21-5-6-21)20(4)28(39-32)13-25(17)36-30/h11-16,21,38-39H,5-10H2,1-4H3,(H,41,42)(H,43,44)/b12-11+,25-13?,26-14?,27-15?,28-13?,29-14?,30-16?,31-16?,32-15?. The van der Waals surface area contributed by atoms with Gasteiger partial charge in [0.2, 0.25) is 6.20 Å². The molecule has 0 saturated heterocycles. The second kappa shape index (κ2) is 11.9. The molecule has 8 bridgehead atoms. The fraction of sp³-hybridized carbons (Fsp3) is 0.314. The lowest BCUT2D eigenvalue weighted by molar-refractivity contribution is -0.400. The summed E-state index contributed by atoms with van der Waals surface area (Å²) in [5, 5.41) is 30.3. The van der Waals surface area contributed by atoms with Crippen LogP contribution >= 0.6 is 0 Å². The maximum atomic E-state index is 11.6. The van der Waals surface area contributed by atoms with E-state index in [-0.39, 0.29) is 25.7 Å². The Morgan fingerprint density at radius 3 is 1.85 bits per heavy atom. The first-order valence-corrected chi connectivity index (χ1v) is 15.3. The number of hydrogen-bond acceptors (Lipinski definition) is 6. The van der Waals surface area contributed by atoms with Crippen molar-refractivity contribution in [3.8, 4) is 0 Å². The van der Waals surface area contributed by atoms with Crippen LogP contribution in [0, 0.1) is 24.0 Å². The number of aromatic amines is 2. The number of nitrogens with one attached hydrogen (secondary N) is 2. The van der Waals surface area contributed by atoms with E-state index < -0.39 is 16.9 Å². The molecule has 4 N–H and O–H groups in total. The second-order valence-corrected chi connectivity index (χ2v) is 12.2. The highest BCUT2D eigenvalue weighted by Crippen LogP contribution is 2.45. The predicted octanol–water partition coefficient (Wildman–Crippen LogP) is 7.65. The fourth-order valence-corrected chi connectivity index (χ4v) is 6.49. The maximum absolute atomic E-state index is 11.6. The molecule has 236 valence electrons. The first kappa shape index (κ1) is 30.7. The van der Waals surface area contributed by atoms with Crippen LogP contribution in [0.4, 0.5) is 0 Å². The molecule has 0 unspecified atom stereocenters. The minimum absolute atomic E-state index is 0.0631. The number of fused-ring (bicyclic) bond motifs is 8. The number of carboxylic acid groups (broad SMARTS) is 2. The number of aromatic nitrogens is 4. The zero-order chi connectivity index (χ0) is 32.9. The van der Waals surface area contributed by atoms with Crippen molar-refractivity contribution in [3.05, 3.63) is 85.6 Å². The normalized spacial score (nSPS) is 14.9. The molecule has 0 atom stereocenters. The van der Waals surface area contributed by atoms with Crippen LogP contribution in [0.25, 0.3) is 50.4 Å². The SMILES string of the molecule is CC1=C(CCC(=O)O)c2cc3nc(cc4[nH]c(cc5[nH]c(cc1n2)c(C)c5C1CC1)c(C)c4/C=C/[N+](=O)[O-])C(C)=C3CCC(=O)O. The topological polar surface area (TPSA) is 175 Å². The molecule has 0 radical (unpaired) electrons. The largest absolute Gasteiger partial charge is 0.481 e. The average molecular weight is 622 g/mol. The second-order valence-electron chi connectivity index (χ2n) is 12.2. The van der Waals surface area contributed by atoms with Gasteiger partial charge in [0.25, 0.3) is 0 Å². The molecule has 46 heavy (non-hydrogen) atoms. The lowest BCUT2D eigenvalue weighted by Crippen LogP contribution is -1.97. The minimum atomic E-state index is -0.935. The third-order valence-electron chi connectivity index (χ3n) is 9.16. The summed E-state index contributed by atoms with van der Waals surface area (Å²) in [5.74, 6) is -1.41. The van der Waals surface area contributed by atoms with Gasteiger partial charge in [0.05, 0.1) is 27.7 Å². The van der Waals surface area contributed by atoms with Gasteiger partial charge in [-0.2, -0.15) is 0 Å². The van der Waals surface area contributed by atoms with Crippen molar-refractivity contribution in [2.45, 2.75) is 72.1 Å². The van der Waals surface area contributed by atoms with Gasteiger partial charge < -0.3 is 20.2 Å². The summed E-state index contributed by atoms with van der Waals surface area (Å²) in [5.41, 5.74) is 12.9. The molecule has 11 nitrogen and oxygen atoms in total. The van der Waals surface area contributed by atoms with Crippen LogP contribution in [0.2, 0.25) is 0 Å². The molecule has 11 heteroatoms. The summed E-state index contributed by atoms with van der Waals surface area (Å²) in [7, 11) is 0. The summed E-state index contributed by atoms with van der Waals surface area (Å²) < 4.78 is 0. The summed E-state index contributed by atoms with van der Waals surface area (Å²) in [6.45, 7) is 7.85. The van der Waals surface area contributed by atoms with E-state index >= 15 is 0 Å². The van der Waals surface area contributed by atoms with E-state index in [2.05, 4.69) is 23.0 Å². The van der Waals surface area contributed by atoms with Crippen LogP contribution in [0.15, 0.2) is 30.5 Å². The van der Waals surface area contributed by atoms with Crippen LogP contribution < -0.4 is 0 Å². The molecule has 3 aromatic rings. The Labute approximate surface area is 264 Å². The van der Waals surface area contributed by atoms with Crippen molar-refractivity contribution in [2.75, 3.05) is 0 Å². The van der Waals surface area contributed by atoms with Crippen molar-refractivity contribution in [1.82, 2.24) is 19.9 Å². The lowest BCUT2D eigenvalue weighted by atomic mass is 9.98. The van der Waals surface area contributed by atoms with E-state index in [4.69, 9.17) is 9.97 Å². The van der Waals surface area contributed by atoms with E-state index in [1.54, 1.807) is 0 Å². The molecule has 6 rings (SSSR count). The number of carbonyl (C=O) groups is 2. The Kier molecular flexibility index (Phi) is 7.93. The van der Waals surface area contributed by atoms with E-state index in [1.165, 1.54) is 11.6 Å². The van der Waals surface area contributed by atoms with Crippen LogP contribution in [0.5, 0.6) is 0 Å². The Morgan fingerprint density at radius 2 is 1.33 bits per heavy atom. The highest BCUT2D eigenvalue weighted by Gasteiger charge is 2.29. The lowest BCUT2D eigenvalue weighted by Gasteiger charge is -2.05. The number of nitrogens with zero attached hydrogens (tertiary/aromatic N) is 3. The summed E-state index contributed by atoms with van der Waals surface area (Å²) in [6, 6.07) is 7.73. The number of allylic oxidation sites excluding steroid dienone is 4. The van der Waals surface area contributed by atoms with Gasteiger partial charge in [-0.1, -0.05) is 0 Å². The van der Waals surface area contributed by atoms with Crippen LogP contribution in [-0.4, -0.2) is 47.0 Å². The van der Waals surface area contributed by atoms with Gasteiger partial charge in [0.15, 0.2) is 0 Å². The van der Waals surface area contributed by atoms with Crippen molar-refractivity contribution in [1.29, 1.82) is 0 Å². The molecule has 5 heterocycles. The third kappa shape index (κ3) is 5.88. The minimum Gasteiger partial charge on any atom is -0.481 e. The van der Waals surface area contributed by atoms with Gasteiger partial charge in [0.1, 0.15) is 0 Å². The smallest absolute Gasteiger partial charge is 0.303 e. The van der Waals surface area contributed by atoms with Crippen LogP contribution in [0.3, 0.4) is 0 Å². The zero-order valence-electron chi connectivity index (χ0n) is 26.2. The van der Waals surface area contributed by atoms with Gasteiger partial charge in [0, 0.05) is 46.5 Å². The van der Waals surface area contributed by atoms with Crippen molar-refractivity contribution >= 4 is 62.4 Å². The van der Waals surface area contributed by atoms with Crippen LogP contribution in [0.1, 0.15) is 103 Å². The highest BCUT2D eigenvalue weighted by atomic mass is 16.6. The van der Waals surface area contributed by atoms with Crippen molar-refractivity contribution in [3.63, 3.8) is 0 Å². The summed E-state index contributed by atoms with van der Waals surface area (Å²) in [6.07, 6.45) is 4.95. The molecule has 0 amide bonds. The summed E-state index contributed by atoms with van der Waals surface area (Å²) in [4.78, 5) is 51.0. The third-order valence-corrected chi connectivity index (χ3v) is 9.16. The number of rotatable bonds is 9. The average Bonchev–Trinajstić information content (AvgIpc) is 3.54. The quantitative estimate of drug-likeness (QED) is 0.139. The number of aryl methyl sites for hydroxylation is 2. The van der Waals surface area contributed by atoms with Gasteiger partial charge in [-0.15, -0.1) is 0 Å². The Balaban J connectivity index is 1.73. The van der Waals surface area contributed by atoms with Crippen LogP contribution in [-0.2, 0) is 9.59 Å². The number of H-pyrrole nitrogens is 2. The molecule has 1 fully saturated rings. The Morgan fingerprint density at radius 1 is 0.804 bits per heavy atom. The molecule has 0 spiro atoms. The predicted molar refractivity (Wildman–Crippen MR) is 177 cm³/mol. The molecule has 0 aromatic carbocycles. The number of hydrogen-bond donors (Lipinski definition) is 4. The van der Waals surface area contributed by atoms with Gasteiger partial charge in [-0.3, -0.25) is 19.7 Å². The Bertz CT molecular complexity index is 2090. The fourth-order valence-electron chi connectivity index (χ4n) is 6.49. The van der Waals surface area contributed by atoms with E-state index in [9.17, 15) is 29.9 Å². The number of aliphatic carboxylic acids is 2. The van der Waals surface area contributed by atoms with E-state index in [1.807, 2.05) is 39.0 Å². The number of carboxylic acids is 2. The van der Waals surface area contributed by atoms with E-state index in [0.29, 0.717) is 34.1 Å². The molecular formula is C35H35N5O6. The zero-order valence-corrected chi connectivity index (χ0v) is 26.2. The van der Waals surface area contributed by atoms with Crippen molar-refractivity contribution < 1.29 is 24.7 Å². The summed E-state index contributed by atoms with van der Waals surface area (Å²) >= 11 is 0. The molecule has 2 aliphatic heterocycles. The number of nitro groups is 1. The Hall–Kier alpha value is -5.32. The highest BCUT2D eigenvalue weighted by molar-refractivity contribution is 5.97. The first-order valence-electron chi connectivity index (χ1n) is 15.3. The van der Waals surface area contributed by atoms with E-state index in [0.717, 1.165) is 74.7 Å². The molecule has 1 aliphatic carbocycles. The van der Waals surface area contributed by atoms with Crippen molar-refractivity contribution in [2.24, 2.45) is 0 Å². The van der Waals surface area contributed by atoms with Gasteiger partial charge >= 0.3 is 11.9 Å². The molecule has 3 aromatic heterocycles. The molecular weight excluding hydrogens is 586 g/mol. The molecule has 3 aliphatic rings. The monoisotopic (exact) mass is 621 g/mol. The first-order chi connectivity index (χ1) is 21.9. The van der Waals surface area contributed by atoms with Gasteiger partial charge in [-0.25, -0.2) is 9.97 Å².